The van der Waals surface area contributed by atoms with Gasteiger partial charge in [-0.05, 0) is 57.2 Å². The van der Waals surface area contributed by atoms with Crippen LogP contribution in [0.4, 0.5) is 4.79 Å². The first kappa shape index (κ1) is 37.2. The lowest BCUT2D eigenvalue weighted by Crippen LogP contribution is -2.49. The van der Waals surface area contributed by atoms with E-state index in [0.29, 0.717) is 38.8 Å². The minimum Gasteiger partial charge on any atom is -0.457 e. The smallest absolute Gasteiger partial charge is 0.410 e. The van der Waals surface area contributed by atoms with E-state index in [9.17, 15) is 24.9 Å². The standard InChI is InChI=1S/C35H58N2O8/c1-8-28(39)26(6)33-30(43-33)22-35(7,42)16-10-11-24(4)32-25(5)13-15-29(23(3)12-14-27(38)21-31(40)45-32)44-34(41)37-19-17-36(9-2)18-20-37/h10-11,13,15-16,23,25-30,32-33,38-39,42H,8-9,12,14,17-22H2,1-7H3/b15-13+,16-10+,24-11+. The summed E-state index contributed by atoms with van der Waals surface area (Å²) in [5.74, 6) is -0.764. The van der Waals surface area contributed by atoms with Crippen molar-refractivity contribution in [1.82, 2.24) is 9.80 Å². The van der Waals surface area contributed by atoms with Crippen LogP contribution in [0.1, 0.15) is 80.6 Å². The van der Waals surface area contributed by atoms with E-state index >= 15 is 0 Å². The number of allylic oxidation sites excluding steroid dienone is 2. The Morgan fingerprint density at radius 3 is 2.51 bits per heavy atom. The molecule has 10 atom stereocenters. The summed E-state index contributed by atoms with van der Waals surface area (Å²) >= 11 is 0. The zero-order valence-corrected chi connectivity index (χ0v) is 28.4. The number of esters is 1. The van der Waals surface area contributed by atoms with Crippen LogP contribution >= 0.6 is 0 Å². The third-order valence-electron chi connectivity index (χ3n) is 9.62. The number of aliphatic hydroxyl groups is 3. The molecular formula is C35H58N2O8. The molecule has 0 saturated carbocycles. The van der Waals surface area contributed by atoms with E-state index < -0.39 is 36.0 Å². The van der Waals surface area contributed by atoms with Gasteiger partial charge in [-0.15, -0.1) is 0 Å². The molecule has 0 bridgehead atoms. The quantitative estimate of drug-likeness (QED) is 0.140. The Morgan fingerprint density at radius 2 is 1.87 bits per heavy atom. The van der Waals surface area contributed by atoms with E-state index in [1.807, 2.05) is 52.8 Å². The maximum atomic E-state index is 13.1. The third kappa shape index (κ3) is 11.5. The first-order valence-corrected chi connectivity index (χ1v) is 16.9. The van der Waals surface area contributed by atoms with E-state index in [4.69, 9.17) is 14.2 Å². The molecule has 0 aromatic heterocycles. The van der Waals surface area contributed by atoms with Gasteiger partial charge in [-0.2, -0.15) is 0 Å². The number of aliphatic hydroxyl groups excluding tert-OH is 2. The van der Waals surface area contributed by atoms with E-state index in [-0.39, 0.29) is 42.5 Å². The second-order valence-corrected chi connectivity index (χ2v) is 13.6. The van der Waals surface area contributed by atoms with Gasteiger partial charge < -0.3 is 39.3 Å². The minimum absolute atomic E-state index is 0.00777. The maximum absolute atomic E-state index is 13.1. The van der Waals surface area contributed by atoms with Gasteiger partial charge >= 0.3 is 12.1 Å². The largest absolute Gasteiger partial charge is 0.457 e. The van der Waals surface area contributed by atoms with E-state index in [1.54, 1.807) is 24.0 Å². The van der Waals surface area contributed by atoms with Gasteiger partial charge in [-0.3, -0.25) is 4.79 Å². The molecule has 3 aliphatic heterocycles. The number of likely N-dealkylation sites (N-methyl/N-ethyl adjacent to an activating group) is 1. The molecule has 2 saturated heterocycles. The number of amides is 1. The molecule has 45 heavy (non-hydrogen) atoms. The second-order valence-electron chi connectivity index (χ2n) is 13.6. The summed E-state index contributed by atoms with van der Waals surface area (Å²) < 4.78 is 17.6. The molecule has 256 valence electrons. The highest BCUT2D eigenvalue weighted by molar-refractivity contribution is 5.70. The second kappa shape index (κ2) is 17.1. The van der Waals surface area contributed by atoms with Gasteiger partial charge in [-0.1, -0.05) is 58.9 Å². The minimum atomic E-state index is -1.12. The number of hydrogen-bond acceptors (Lipinski definition) is 9. The van der Waals surface area contributed by atoms with Crippen molar-refractivity contribution in [2.75, 3.05) is 32.7 Å². The summed E-state index contributed by atoms with van der Waals surface area (Å²) in [5.41, 5.74) is -0.350. The molecular weight excluding hydrogens is 576 g/mol. The zero-order valence-electron chi connectivity index (χ0n) is 28.4. The van der Waals surface area contributed by atoms with Crippen LogP contribution in [0.25, 0.3) is 0 Å². The molecule has 0 spiro atoms. The van der Waals surface area contributed by atoms with E-state index in [2.05, 4.69) is 11.8 Å². The molecule has 0 radical (unpaired) electrons. The van der Waals surface area contributed by atoms with Crippen LogP contribution in [-0.2, 0) is 19.0 Å². The Balaban J connectivity index is 1.70. The highest BCUT2D eigenvalue weighted by atomic mass is 16.6. The Morgan fingerprint density at radius 1 is 1.18 bits per heavy atom. The normalized spacial score (nSPS) is 34.2. The molecule has 10 heteroatoms. The number of ether oxygens (including phenoxy) is 3. The van der Waals surface area contributed by atoms with Crippen molar-refractivity contribution >= 4 is 12.1 Å². The molecule has 10 unspecified atom stereocenters. The summed E-state index contributed by atoms with van der Waals surface area (Å²) in [6.45, 7) is 17.4. The van der Waals surface area contributed by atoms with Crippen molar-refractivity contribution in [2.45, 2.75) is 123 Å². The van der Waals surface area contributed by atoms with E-state index in [0.717, 1.165) is 25.2 Å². The SMILES string of the molecule is CCC(O)C(C)C1OC1CC(C)(O)/C=C/C=C(\C)C1OC(=O)CC(O)CCC(C)C(OC(=O)N2CCN(CC)CC2)/C=C/C1C. The number of carbonyl (C=O) groups is 2. The average Bonchev–Trinajstić information content (AvgIpc) is 3.76. The molecule has 3 N–H and O–H groups in total. The molecule has 1 amide bonds. The lowest BCUT2D eigenvalue weighted by molar-refractivity contribution is -0.151. The zero-order chi connectivity index (χ0) is 33.3. The highest BCUT2D eigenvalue weighted by Crippen LogP contribution is 2.37. The molecule has 3 aliphatic rings. The fraction of sp³-hybridized carbons (Fsp3) is 0.771. The van der Waals surface area contributed by atoms with Gasteiger partial charge in [0.15, 0.2) is 0 Å². The van der Waals surface area contributed by atoms with Crippen LogP contribution < -0.4 is 0 Å². The lowest BCUT2D eigenvalue weighted by atomic mass is 9.91. The van der Waals surface area contributed by atoms with Crippen molar-refractivity contribution in [2.24, 2.45) is 17.8 Å². The van der Waals surface area contributed by atoms with Crippen molar-refractivity contribution < 1.29 is 39.1 Å². The van der Waals surface area contributed by atoms with Gasteiger partial charge in [0.2, 0.25) is 0 Å². The number of hydrogen-bond donors (Lipinski definition) is 3. The number of cyclic esters (lactones) is 1. The number of rotatable bonds is 10. The molecule has 0 aromatic carbocycles. The number of epoxide rings is 1. The van der Waals surface area contributed by atoms with Gasteiger partial charge in [0, 0.05) is 44.4 Å². The highest BCUT2D eigenvalue weighted by Gasteiger charge is 2.47. The number of nitrogens with zero attached hydrogens (tertiary/aromatic N) is 2. The lowest BCUT2D eigenvalue weighted by Gasteiger charge is -2.34. The van der Waals surface area contributed by atoms with Crippen LogP contribution in [0.5, 0.6) is 0 Å². The molecule has 0 aliphatic carbocycles. The molecule has 3 heterocycles. The average molecular weight is 635 g/mol. The van der Waals surface area contributed by atoms with Crippen LogP contribution in [0.2, 0.25) is 0 Å². The molecule has 3 rings (SSSR count). The van der Waals surface area contributed by atoms with Crippen LogP contribution in [0.3, 0.4) is 0 Å². The number of carbonyl (C=O) groups excluding carboxylic acids is 2. The Hall–Kier alpha value is -2.24. The Labute approximate surface area is 270 Å². The van der Waals surface area contributed by atoms with Gasteiger partial charge in [0.25, 0.3) is 0 Å². The van der Waals surface area contributed by atoms with Crippen molar-refractivity contribution in [3.05, 3.63) is 36.0 Å². The van der Waals surface area contributed by atoms with Gasteiger partial charge in [-0.25, -0.2) is 4.79 Å². The monoisotopic (exact) mass is 634 g/mol. The summed E-state index contributed by atoms with van der Waals surface area (Å²) in [7, 11) is 0. The van der Waals surface area contributed by atoms with Crippen LogP contribution in [-0.4, -0.2) is 112 Å². The van der Waals surface area contributed by atoms with Crippen LogP contribution in [0.15, 0.2) is 36.0 Å². The van der Waals surface area contributed by atoms with Crippen molar-refractivity contribution in [1.29, 1.82) is 0 Å². The topological polar surface area (TPSA) is 132 Å². The van der Waals surface area contributed by atoms with Crippen molar-refractivity contribution in [3.8, 4) is 0 Å². The third-order valence-corrected chi connectivity index (χ3v) is 9.62. The van der Waals surface area contributed by atoms with E-state index in [1.165, 1.54) is 0 Å². The fourth-order valence-electron chi connectivity index (χ4n) is 6.24. The first-order chi connectivity index (χ1) is 21.2. The molecule has 0 aromatic rings. The van der Waals surface area contributed by atoms with Gasteiger partial charge in [0.1, 0.15) is 12.2 Å². The summed E-state index contributed by atoms with van der Waals surface area (Å²) in [6.07, 6.45) is 8.16. The van der Waals surface area contributed by atoms with Crippen molar-refractivity contribution in [3.63, 3.8) is 0 Å². The molecule has 10 nitrogen and oxygen atoms in total. The molecule has 2 fully saturated rings. The summed E-state index contributed by atoms with van der Waals surface area (Å²) in [5, 5.41) is 31.7. The predicted molar refractivity (Wildman–Crippen MR) is 173 cm³/mol. The predicted octanol–water partition coefficient (Wildman–Crippen LogP) is 4.23. The Kier molecular flexibility index (Phi) is 14.1. The van der Waals surface area contributed by atoms with Gasteiger partial charge in [0.05, 0.1) is 36.4 Å². The summed E-state index contributed by atoms with van der Waals surface area (Å²) in [4.78, 5) is 29.9. The fourth-order valence-corrected chi connectivity index (χ4v) is 6.24. The first-order valence-electron chi connectivity index (χ1n) is 16.9. The Bertz CT molecular complexity index is 1050. The van der Waals surface area contributed by atoms with Crippen LogP contribution in [0, 0.1) is 17.8 Å². The maximum Gasteiger partial charge on any atom is 0.410 e. The summed E-state index contributed by atoms with van der Waals surface area (Å²) in [6, 6.07) is 0. The number of piperazine rings is 1.